The van der Waals surface area contributed by atoms with Gasteiger partial charge in [-0.05, 0) is 12.1 Å². The lowest BCUT2D eigenvalue weighted by molar-refractivity contribution is 0.634. The molecule has 0 bridgehead atoms. The van der Waals surface area contributed by atoms with E-state index in [4.69, 9.17) is 0 Å². The number of nitrogens with one attached hydrogen (secondary N) is 1. The number of nitrogens with zero attached hydrogens (tertiary/aromatic N) is 1. The molecular formula is C9H7FN2O2. The maximum atomic E-state index is 13.2. The van der Waals surface area contributed by atoms with Crippen LogP contribution in [-0.4, -0.2) is 9.55 Å². The lowest BCUT2D eigenvalue weighted by atomic mass is 10.2. The molecule has 0 aliphatic rings. The maximum absolute atomic E-state index is 13.2. The Labute approximate surface area is 77.6 Å². The van der Waals surface area contributed by atoms with E-state index in [0.29, 0.717) is 0 Å². The van der Waals surface area contributed by atoms with E-state index in [1.165, 1.54) is 25.2 Å². The Morgan fingerprint density at radius 2 is 2.07 bits per heavy atom. The van der Waals surface area contributed by atoms with Crippen molar-refractivity contribution in [3.05, 3.63) is 44.9 Å². The van der Waals surface area contributed by atoms with Gasteiger partial charge in [0.2, 0.25) is 0 Å². The van der Waals surface area contributed by atoms with Crippen LogP contribution in [0.5, 0.6) is 0 Å². The molecule has 0 saturated heterocycles. The Morgan fingerprint density at radius 1 is 1.36 bits per heavy atom. The Hall–Kier alpha value is -1.91. The molecular weight excluding hydrogens is 187 g/mol. The lowest BCUT2D eigenvalue weighted by Crippen LogP contribution is -2.32. The monoisotopic (exact) mass is 194 g/mol. The summed E-state index contributed by atoms with van der Waals surface area (Å²) in [5.41, 5.74) is -1.16. The fraction of sp³-hybridized carbons (Fsp3) is 0.111. The van der Waals surface area contributed by atoms with E-state index in [9.17, 15) is 14.0 Å². The number of aromatic amines is 1. The molecule has 0 atom stereocenters. The number of fused-ring (bicyclic) bond motifs is 1. The van der Waals surface area contributed by atoms with Gasteiger partial charge in [0.25, 0.3) is 5.56 Å². The van der Waals surface area contributed by atoms with Crippen molar-refractivity contribution >= 4 is 10.9 Å². The van der Waals surface area contributed by atoms with Crippen LogP contribution in [0, 0.1) is 5.82 Å². The van der Waals surface area contributed by atoms with Gasteiger partial charge >= 0.3 is 5.69 Å². The number of para-hydroxylation sites is 1. The molecule has 0 saturated carbocycles. The van der Waals surface area contributed by atoms with Crippen LogP contribution in [0.2, 0.25) is 0 Å². The Bertz CT molecular complexity index is 612. The third-order valence-corrected chi connectivity index (χ3v) is 2.09. The van der Waals surface area contributed by atoms with E-state index >= 15 is 0 Å². The zero-order valence-electron chi connectivity index (χ0n) is 7.37. The van der Waals surface area contributed by atoms with E-state index in [1.807, 2.05) is 0 Å². The third kappa shape index (κ3) is 1.06. The van der Waals surface area contributed by atoms with Crippen LogP contribution in [0.25, 0.3) is 10.9 Å². The molecule has 0 fully saturated rings. The minimum Gasteiger partial charge on any atom is -0.304 e. The smallest absolute Gasteiger partial charge is 0.304 e. The second-order valence-corrected chi connectivity index (χ2v) is 2.96. The Morgan fingerprint density at radius 3 is 2.79 bits per heavy atom. The van der Waals surface area contributed by atoms with Crippen LogP contribution in [0.3, 0.4) is 0 Å². The molecule has 1 aromatic carbocycles. The number of hydrogen-bond acceptors (Lipinski definition) is 2. The van der Waals surface area contributed by atoms with Gasteiger partial charge in [0.15, 0.2) is 0 Å². The Kier molecular flexibility index (Phi) is 1.73. The van der Waals surface area contributed by atoms with Crippen molar-refractivity contribution in [1.29, 1.82) is 0 Å². The minimum absolute atomic E-state index is 0.0411. The summed E-state index contributed by atoms with van der Waals surface area (Å²) in [7, 11) is 1.34. The highest BCUT2D eigenvalue weighted by molar-refractivity contribution is 5.77. The largest absolute Gasteiger partial charge is 0.328 e. The fourth-order valence-electron chi connectivity index (χ4n) is 1.29. The van der Waals surface area contributed by atoms with Gasteiger partial charge in [-0.3, -0.25) is 9.36 Å². The van der Waals surface area contributed by atoms with Crippen LogP contribution < -0.4 is 11.2 Å². The van der Waals surface area contributed by atoms with Gasteiger partial charge in [0.1, 0.15) is 5.82 Å². The summed E-state index contributed by atoms with van der Waals surface area (Å²) in [4.78, 5) is 24.9. The van der Waals surface area contributed by atoms with E-state index in [1.54, 1.807) is 0 Å². The summed E-state index contributed by atoms with van der Waals surface area (Å²) < 4.78 is 14.1. The molecule has 1 aromatic heterocycles. The molecule has 14 heavy (non-hydrogen) atoms. The predicted octanol–water partition coefficient (Wildman–Crippen LogP) is 0.366. The first kappa shape index (κ1) is 8.68. The quantitative estimate of drug-likeness (QED) is 0.658. The highest BCUT2D eigenvalue weighted by atomic mass is 19.1. The molecule has 1 heterocycles. The first-order valence-electron chi connectivity index (χ1n) is 3.99. The van der Waals surface area contributed by atoms with Gasteiger partial charge in [-0.25, -0.2) is 9.18 Å². The summed E-state index contributed by atoms with van der Waals surface area (Å²) >= 11 is 0. The second-order valence-electron chi connectivity index (χ2n) is 2.96. The molecule has 0 aliphatic carbocycles. The van der Waals surface area contributed by atoms with Crippen molar-refractivity contribution in [2.24, 2.45) is 7.05 Å². The molecule has 0 amide bonds. The van der Waals surface area contributed by atoms with E-state index in [2.05, 4.69) is 4.98 Å². The summed E-state index contributed by atoms with van der Waals surface area (Å²) in [6.07, 6.45) is 0. The van der Waals surface area contributed by atoms with Gasteiger partial charge in [-0.1, -0.05) is 6.07 Å². The average Bonchev–Trinajstić information content (AvgIpc) is 2.17. The van der Waals surface area contributed by atoms with Gasteiger partial charge in [-0.2, -0.15) is 0 Å². The second kappa shape index (κ2) is 2.80. The van der Waals surface area contributed by atoms with E-state index in [0.717, 1.165) is 4.57 Å². The van der Waals surface area contributed by atoms with Crippen LogP contribution in [0.4, 0.5) is 4.39 Å². The van der Waals surface area contributed by atoms with Crippen molar-refractivity contribution in [2.75, 3.05) is 0 Å². The normalized spacial score (nSPS) is 10.7. The molecule has 2 rings (SSSR count). The summed E-state index contributed by atoms with van der Waals surface area (Å²) in [6, 6.07) is 4.09. The van der Waals surface area contributed by atoms with Crippen molar-refractivity contribution in [3.8, 4) is 0 Å². The highest BCUT2D eigenvalue weighted by Gasteiger charge is 2.06. The maximum Gasteiger partial charge on any atom is 0.328 e. The molecule has 0 unspecified atom stereocenters. The molecule has 0 aliphatic heterocycles. The first-order valence-corrected chi connectivity index (χ1v) is 3.99. The first-order chi connectivity index (χ1) is 6.61. The number of hydrogen-bond donors (Lipinski definition) is 1. The number of aromatic nitrogens is 2. The standard InChI is InChI=1S/C9H7FN2O2/c1-12-8(13)5-3-2-4-6(10)7(5)11-9(12)14/h2-4H,1H3,(H,11,14). The molecule has 4 nitrogen and oxygen atoms in total. The molecule has 72 valence electrons. The van der Waals surface area contributed by atoms with Crippen molar-refractivity contribution in [2.45, 2.75) is 0 Å². The van der Waals surface area contributed by atoms with Crippen LogP contribution in [-0.2, 0) is 7.05 Å². The predicted molar refractivity (Wildman–Crippen MR) is 49.8 cm³/mol. The number of H-pyrrole nitrogens is 1. The summed E-state index contributed by atoms with van der Waals surface area (Å²) in [5, 5.41) is 0.173. The van der Waals surface area contributed by atoms with E-state index in [-0.39, 0.29) is 10.9 Å². The zero-order chi connectivity index (χ0) is 10.3. The molecule has 2 aromatic rings. The molecule has 0 radical (unpaired) electrons. The fourth-order valence-corrected chi connectivity index (χ4v) is 1.29. The van der Waals surface area contributed by atoms with Gasteiger partial charge in [0, 0.05) is 7.05 Å². The van der Waals surface area contributed by atoms with Crippen LogP contribution in [0.1, 0.15) is 0 Å². The number of rotatable bonds is 0. The topological polar surface area (TPSA) is 54.9 Å². The van der Waals surface area contributed by atoms with Gasteiger partial charge < -0.3 is 4.98 Å². The van der Waals surface area contributed by atoms with Crippen LogP contribution in [0.15, 0.2) is 27.8 Å². The van der Waals surface area contributed by atoms with Crippen LogP contribution >= 0.6 is 0 Å². The molecule has 5 heteroatoms. The Balaban J connectivity index is 3.14. The van der Waals surface area contributed by atoms with E-state index < -0.39 is 17.1 Å². The zero-order valence-corrected chi connectivity index (χ0v) is 7.37. The molecule has 1 N–H and O–H groups in total. The number of benzene rings is 1. The summed E-state index contributed by atoms with van der Waals surface area (Å²) in [5.74, 6) is -0.600. The third-order valence-electron chi connectivity index (χ3n) is 2.09. The average molecular weight is 194 g/mol. The SMILES string of the molecule is Cn1c(=O)[nH]c2c(F)cccc2c1=O. The van der Waals surface area contributed by atoms with Gasteiger partial charge in [-0.15, -0.1) is 0 Å². The summed E-state index contributed by atoms with van der Waals surface area (Å²) in [6.45, 7) is 0. The van der Waals surface area contributed by atoms with Crippen molar-refractivity contribution in [3.63, 3.8) is 0 Å². The highest BCUT2D eigenvalue weighted by Crippen LogP contribution is 2.08. The molecule has 0 spiro atoms. The minimum atomic E-state index is -0.618. The number of halogens is 1. The lowest BCUT2D eigenvalue weighted by Gasteiger charge is -2.00. The van der Waals surface area contributed by atoms with Gasteiger partial charge in [0.05, 0.1) is 10.9 Å². The van der Waals surface area contributed by atoms with Crippen molar-refractivity contribution < 1.29 is 4.39 Å². The van der Waals surface area contributed by atoms with Crippen molar-refractivity contribution in [1.82, 2.24) is 9.55 Å².